The number of nitrogens with one attached hydrogen (secondary N) is 2. The highest BCUT2D eigenvalue weighted by Gasteiger charge is 2.41. The Morgan fingerprint density at radius 1 is 0.971 bits per heavy atom. The second kappa shape index (κ2) is 8.93. The summed E-state index contributed by atoms with van der Waals surface area (Å²) in [6, 6.07) is 20.3. The Labute approximate surface area is 206 Å². The summed E-state index contributed by atoms with van der Waals surface area (Å²) >= 11 is 0. The number of ether oxygens (including phenoxy) is 1. The first-order chi connectivity index (χ1) is 16.7. The molecule has 35 heavy (non-hydrogen) atoms. The molecule has 5 rings (SSSR count). The number of alkyl carbamates (subject to hydrolysis) is 1. The van der Waals surface area contributed by atoms with Gasteiger partial charge in [0.1, 0.15) is 5.60 Å². The molecule has 0 bridgehead atoms. The Morgan fingerprint density at radius 2 is 1.69 bits per heavy atom. The molecule has 0 atom stereocenters. The van der Waals surface area contributed by atoms with Gasteiger partial charge in [0.15, 0.2) is 5.78 Å². The Hall–Kier alpha value is -3.51. The number of hydrogen-bond acceptors (Lipinski definition) is 5. The van der Waals surface area contributed by atoms with E-state index >= 15 is 0 Å². The number of Topliss-reactive ketones (excluding diaryl/α,β-unsaturated/α-hetero) is 1. The fourth-order valence-corrected chi connectivity index (χ4v) is 4.84. The molecule has 0 spiro atoms. The highest BCUT2D eigenvalue weighted by Crippen LogP contribution is 2.42. The third kappa shape index (κ3) is 4.71. The Morgan fingerprint density at radius 3 is 2.31 bits per heavy atom. The number of fused-ring (bicyclic) bond motifs is 1. The van der Waals surface area contributed by atoms with E-state index in [9.17, 15) is 9.59 Å². The van der Waals surface area contributed by atoms with Crippen LogP contribution in [0.1, 0.15) is 61.6 Å². The summed E-state index contributed by atoms with van der Waals surface area (Å²) < 4.78 is 5.52. The minimum atomic E-state index is -0.541. The molecule has 1 aliphatic carbocycles. The van der Waals surface area contributed by atoms with Gasteiger partial charge in [0.05, 0.1) is 23.5 Å². The summed E-state index contributed by atoms with van der Waals surface area (Å²) in [6.45, 7) is 6.52. The summed E-state index contributed by atoms with van der Waals surface area (Å²) in [7, 11) is 0. The van der Waals surface area contributed by atoms with Gasteiger partial charge >= 0.3 is 6.09 Å². The number of benzene rings is 2. The van der Waals surface area contributed by atoms with Crippen LogP contribution in [0.15, 0.2) is 60.7 Å². The molecule has 1 saturated carbocycles. The first-order valence-corrected chi connectivity index (χ1v) is 12.2. The van der Waals surface area contributed by atoms with Crippen LogP contribution in [-0.2, 0) is 16.8 Å². The lowest BCUT2D eigenvalue weighted by atomic mass is 9.71. The zero-order valence-electron chi connectivity index (χ0n) is 20.5. The zero-order valence-corrected chi connectivity index (χ0v) is 20.5. The number of rotatable bonds is 4. The number of ketones is 1. The van der Waals surface area contributed by atoms with Crippen molar-refractivity contribution in [1.29, 1.82) is 0 Å². The van der Waals surface area contributed by atoms with E-state index in [2.05, 4.69) is 34.9 Å². The molecule has 180 valence electrons. The molecule has 2 aromatic carbocycles. The van der Waals surface area contributed by atoms with Gasteiger partial charge in [-0.2, -0.15) is 0 Å². The molecule has 0 unspecified atom stereocenters. The second-order valence-electron chi connectivity index (χ2n) is 10.4. The van der Waals surface area contributed by atoms with E-state index in [1.54, 1.807) is 0 Å². The van der Waals surface area contributed by atoms with Crippen molar-refractivity contribution in [1.82, 2.24) is 15.6 Å². The minimum absolute atomic E-state index is 0.0676. The molecule has 0 saturated heterocycles. The maximum absolute atomic E-state index is 12.5. The Kier molecular flexibility index (Phi) is 5.93. The third-order valence-corrected chi connectivity index (χ3v) is 6.72. The van der Waals surface area contributed by atoms with Crippen molar-refractivity contribution in [2.75, 3.05) is 6.54 Å². The number of carbonyl (C=O) groups excluding carboxylic acids is 2. The number of carbonyl (C=O) groups is 2. The lowest BCUT2D eigenvalue weighted by Gasteiger charge is -2.43. The van der Waals surface area contributed by atoms with Gasteiger partial charge in [0.25, 0.3) is 0 Å². The lowest BCUT2D eigenvalue weighted by molar-refractivity contribution is 0.0377. The fourth-order valence-electron chi connectivity index (χ4n) is 4.84. The van der Waals surface area contributed by atoms with E-state index in [1.165, 1.54) is 0 Å². The van der Waals surface area contributed by atoms with Crippen LogP contribution in [0.5, 0.6) is 0 Å². The zero-order chi connectivity index (χ0) is 24.6. The van der Waals surface area contributed by atoms with Gasteiger partial charge in [0, 0.05) is 23.2 Å². The monoisotopic (exact) mass is 469 g/mol. The van der Waals surface area contributed by atoms with Crippen molar-refractivity contribution in [2.45, 2.75) is 57.7 Å². The normalized spacial score (nSPS) is 16.7. The molecule has 2 heterocycles. The average molecular weight is 470 g/mol. The summed E-state index contributed by atoms with van der Waals surface area (Å²) in [4.78, 5) is 30.0. The largest absolute Gasteiger partial charge is 0.444 e. The van der Waals surface area contributed by atoms with Gasteiger partial charge in [0.2, 0.25) is 0 Å². The van der Waals surface area contributed by atoms with E-state index in [0.717, 1.165) is 52.9 Å². The van der Waals surface area contributed by atoms with Crippen LogP contribution in [0.2, 0.25) is 0 Å². The first kappa shape index (κ1) is 23.2. The minimum Gasteiger partial charge on any atom is -0.444 e. The highest BCUT2D eigenvalue weighted by atomic mass is 16.6. The van der Waals surface area contributed by atoms with E-state index in [4.69, 9.17) is 9.72 Å². The molecule has 1 fully saturated rings. The van der Waals surface area contributed by atoms with Crippen molar-refractivity contribution >= 4 is 11.9 Å². The van der Waals surface area contributed by atoms with Gasteiger partial charge < -0.3 is 15.4 Å². The number of amides is 1. The standard InChI is InChI=1S/C29H31N3O3/c1-28(2,3)35-27(34)32-29(14-7-15-29)21-12-10-20(11-13-21)26-22(19-8-5-4-6-9-19)16-23-24(31-26)17-30-18-25(23)33/h4-6,8-13,16,30H,7,14-15,17-18H2,1-3H3,(H,32,34). The molecule has 1 aromatic heterocycles. The SMILES string of the molecule is CC(C)(C)OC(=O)NC1(c2ccc(-c3nc4c(cc3-c3ccccc3)C(=O)CNC4)cc2)CCC1. The van der Waals surface area contributed by atoms with Crippen LogP contribution < -0.4 is 10.6 Å². The smallest absolute Gasteiger partial charge is 0.408 e. The molecule has 3 aromatic rings. The molecule has 1 aliphatic heterocycles. The van der Waals surface area contributed by atoms with Crippen molar-refractivity contribution in [3.8, 4) is 22.4 Å². The van der Waals surface area contributed by atoms with Crippen molar-refractivity contribution in [2.24, 2.45) is 0 Å². The lowest BCUT2D eigenvalue weighted by Crippen LogP contribution is -2.52. The van der Waals surface area contributed by atoms with Crippen LogP contribution in [0.25, 0.3) is 22.4 Å². The summed E-state index contributed by atoms with van der Waals surface area (Å²) in [5.74, 6) is 0.0676. The van der Waals surface area contributed by atoms with Gasteiger partial charge in [-0.1, -0.05) is 54.6 Å². The third-order valence-electron chi connectivity index (χ3n) is 6.72. The van der Waals surface area contributed by atoms with E-state index in [1.807, 2.05) is 57.2 Å². The first-order valence-electron chi connectivity index (χ1n) is 12.2. The van der Waals surface area contributed by atoms with Crippen LogP contribution >= 0.6 is 0 Å². The van der Waals surface area contributed by atoms with E-state index in [0.29, 0.717) is 18.7 Å². The van der Waals surface area contributed by atoms with E-state index in [-0.39, 0.29) is 11.9 Å². The predicted molar refractivity (Wildman–Crippen MR) is 136 cm³/mol. The average Bonchev–Trinajstić information content (AvgIpc) is 2.81. The molecule has 1 amide bonds. The van der Waals surface area contributed by atoms with Crippen molar-refractivity contribution in [3.05, 3.63) is 77.5 Å². The van der Waals surface area contributed by atoms with Gasteiger partial charge in [-0.25, -0.2) is 4.79 Å². The summed E-state index contributed by atoms with van der Waals surface area (Å²) in [5, 5.41) is 6.27. The van der Waals surface area contributed by atoms with Gasteiger partial charge in [-0.3, -0.25) is 9.78 Å². The molecular weight excluding hydrogens is 438 g/mol. The number of pyridine rings is 1. The molecule has 2 N–H and O–H groups in total. The maximum atomic E-state index is 12.5. The number of hydrogen-bond donors (Lipinski definition) is 2. The topological polar surface area (TPSA) is 80.3 Å². The molecule has 2 aliphatic rings. The fraction of sp³-hybridized carbons (Fsp3) is 0.345. The molecule has 6 nitrogen and oxygen atoms in total. The van der Waals surface area contributed by atoms with Crippen LogP contribution in [-0.4, -0.2) is 29.0 Å². The van der Waals surface area contributed by atoms with Crippen LogP contribution in [0.4, 0.5) is 4.79 Å². The van der Waals surface area contributed by atoms with Gasteiger partial charge in [-0.15, -0.1) is 0 Å². The van der Waals surface area contributed by atoms with Crippen LogP contribution in [0, 0.1) is 0 Å². The van der Waals surface area contributed by atoms with Crippen LogP contribution in [0.3, 0.4) is 0 Å². The van der Waals surface area contributed by atoms with E-state index < -0.39 is 11.1 Å². The molecular formula is C29H31N3O3. The van der Waals surface area contributed by atoms with Crippen molar-refractivity contribution in [3.63, 3.8) is 0 Å². The Balaban J connectivity index is 1.50. The Bertz CT molecular complexity index is 1260. The molecule has 0 radical (unpaired) electrons. The predicted octanol–water partition coefficient (Wildman–Crippen LogP) is 5.61. The second-order valence-corrected chi connectivity index (χ2v) is 10.4. The summed E-state index contributed by atoms with van der Waals surface area (Å²) in [5.41, 5.74) is 5.38. The number of aromatic nitrogens is 1. The summed E-state index contributed by atoms with van der Waals surface area (Å²) in [6.07, 6.45) is 2.43. The highest BCUT2D eigenvalue weighted by molar-refractivity contribution is 6.01. The maximum Gasteiger partial charge on any atom is 0.408 e. The number of nitrogens with zero attached hydrogens (tertiary/aromatic N) is 1. The van der Waals surface area contributed by atoms with Gasteiger partial charge in [-0.05, 0) is 57.2 Å². The quantitative estimate of drug-likeness (QED) is 0.519. The molecule has 6 heteroatoms. The van der Waals surface area contributed by atoms with Crippen molar-refractivity contribution < 1.29 is 14.3 Å².